The first-order chi connectivity index (χ1) is 9.90. The van der Waals surface area contributed by atoms with Gasteiger partial charge in [-0.3, -0.25) is 14.5 Å². The number of amides is 3. The molecule has 1 atom stereocenters. The number of aliphatic carboxylic acids is 1. The number of hydrogen-bond donors (Lipinski definition) is 3. The Bertz CT molecular complexity index is 605. The summed E-state index contributed by atoms with van der Waals surface area (Å²) in [6.45, 7) is 2.15. The van der Waals surface area contributed by atoms with Crippen molar-refractivity contribution < 1.29 is 23.9 Å². The molecule has 0 saturated carbocycles. The highest BCUT2D eigenvalue weighted by atomic mass is 19.1. The zero-order valence-corrected chi connectivity index (χ0v) is 11.2. The SMILES string of the molecule is C[C@H](NC(=O)c1cc(N2CCNC2=O)ccc1F)C(=O)O. The van der Waals surface area contributed by atoms with Crippen molar-refractivity contribution in [2.75, 3.05) is 18.0 Å². The van der Waals surface area contributed by atoms with Crippen molar-refractivity contribution >= 4 is 23.6 Å². The molecule has 1 aromatic rings. The van der Waals surface area contributed by atoms with E-state index in [2.05, 4.69) is 10.6 Å². The number of hydrogen-bond acceptors (Lipinski definition) is 3. The summed E-state index contributed by atoms with van der Waals surface area (Å²) in [5, 5.41) is 13.5. The molecule has 1 aliphatic rings. The molecule has 21 heavy (non-hydrogen) atoms. The molecule has 0 radical (unpaired) electrons. The van der Waals surface area contributed by atoms with E-state index in [4.69, 9.17) is 5.11 Å². The zero-order valence-electron chi connectivity index (χ0n) is 11.2. The van der Waals surface area contributed by atoms with Crippen LogP contribution in [0.2, 0.25) is 0 Å². The van der Waals surface area contributed by atoms with Crippen LogP contribution in [0.15, 0.2) is 18.2 Å². The van der Waals surface area contributed by atoms with Gasteiger partial charge in [-0.15, -0.1) is 0 Å². The lowest BCUT2D eigenvalue weighted by molar-refractivity contribution is -0.138. The molecule has 3 N–H and O–H groups in total. The molecule has 1 heterocycles. The van der Waals surface area contributed by atoms with E-state index in [9.17, 15) is 18.8 Å². The highest BCUT2D eigenvalue weighted by Crippen LogP contribution is 2.20. The van der Waals surface area contributed by atoms with Gasteiger partial charge in [0.25, 0.3) is 5.91 Å². The molecule has 8 heteroatoms. The minimum absolute atomic E-state index is 0.305. The van der Waals surface area contributed by atoms with Crippen molar-refractivity contribution in [1.29, 1.82) is 0 Å². The molecule has 0 unspecified atom stereocenters. The predicted molar refractivity (Wildman–Crippen MR) is 71.7 cm³/mol. The van der Waals surface area contributed by atoms with Gasteiger partial charge in [-0.25, -0.2) is 9.18 Å². The molecule has 1 saturated heterocycles. The number of carboxylic acid groups (broad SMARTS) is 1. The number of anilines is 1. The second-order valence-electron chi connectivity index (χ2n) is 4.58. The molecule has 1 fully saturated rings. The molecule has 0 bridgehead atoms. The number of carbonyl (C=O) groups is 3. The van der Waals surface area contributed by atoms with Crippen LogP contribution in [-0.4, -0.2) is 42.1 Å². The molecule has 2 rings (SSSR count). The third kappa shape index (κ3) is 3.10. The zero-order chi connectivity index (χ0) is 15.6. The second kappa shape index (κ2) is 5.78. The fourth-order valence-electron chi connectivity index (χ4n) is 1.91. The van der Waals surface area contributed by atoms with Crippen LogP contribution in [0, 0.1) is 5.82 Å². The normalized spacial score (nSPS) is 15.5. The van der Waals surface area contributed by atoms with Crippen molar-refractivity contribution in [2.45, 2.75) is 13.0 Å². The van der Waals surface area contributed by atoms with Gasteiger partial charge in [0, 0.05) is 18.8 Å². The molecule has 3 amide bonds. The van der Waals surface area contributed by atoms with Crippen molar-refractivity contribution in [2.24, 2.45) is 0 Å². The van der Waals surface area contributed by atoms with Crippen LogP contribution in [0.5, 0.6) is 0 Å². The number of rotatable bonds is 4. The summed E-state index contributed by atoms with van der Waals surface area (Å²) >= 11 is 0. The van der Waals surface area contributed by atoms with Crippen LogP contribution in [0.4, 0.5) is 14.9 Å². The van der Waals surface area contributed by atoms with E-state index in [0.29, 0.717) is 18.8 Å². The standard InChI is InChI=1S/C13H14FN3O4/c1-7(12(19)20)16-11(18)9-6-8(2-3-10(9)14)17-5-4-15-13(17)21/h2-3,6-7H,4-5H2,1H3,(H,15,21)(H,16,18)(H,19,20)/t7-/m0/s1. The maximum Gasteiger partial charge on any atom is 0.325 e. The molecular weight excluding hydrogens is 281 g/mol. The summed E-state index contributed by atoms with van der Waals surface area (Å²) in [6, 6.07) is 2.21. The topological polar surface area (TPSA) is 98.7 Å². The summed E-state index contributed by atoms with van der Waals surface area (Å²) in [7, 11) is 0. The first-order valence-corrected chi connectivity index (χ1v) is 6.28. The van der Waals surface area contributed by atoms with Gasteiger partial charge in [-0.1, -0.05) is 0 Å². The summed E-state index contributed by atoms with van der Waals surface area (Å²) in [4.78, 5) is 35.5. The van der Waals surface area contributed by atoms with Crippen LogP contribution in [0.1, 0.15) is 17.3 Å². The molecule has 1 aromatic carbocycles. The number of nitrogens with one attached hydrogen (secondary N) is 2. The second-order valence-corrected chi connectivity index (χ2v) is 4.58. The minimum Gasteiger partial charge on any atom is -0.480 e. The van der Waals surface area contributed by atoms with Gasteiger partial charge in [0.15, 0.2) is 0 Å². The van der Waals surface area contributed by atoms with Crippen LogP contribution in [-0.2, 0) is 4.79 Å². The quantitative estimate of drug-likeness (QED) is 0.755. The van der Waals surface area contributed by atoms with Crippen LogP contribution in [0.3, 0.4) is 0 Å². The van der Waals surface area contributed by atoms with Crippen LogP contribution >= 0.6 is 0 Å². The first-order valence-electron chi connectivity index (χ1n) is 6.28. The average molecular weight is 295 g/mol. The number of carboxylic acids is 1. The van der Waals surface area contributed by atoms with E-state index >= 15 is 0 Å². The van der Waals surface area contributed by atoms with Crippen molar-refractivity contribution in [3.63, 3.8) is 0 Å². The number of nitrogens with zero attached hydrogens (tertiary/aromatic N) is 1. The summed E-state index contributed by atoms with van der Waals surface area (Å²) < 4.78 is 13.7. The number of carbonyl (C=O) groups excluding carboxylic acids is 2. The molecule has 0 aromatic heterocycles. The van der Waals surface area contributed by atoms with Crippen LogP contribution < -0.4 is 15.5 Å². The predicted octanol–water partition coefficient (Wildman–Crippen LogP) is 0.558. The fourth-order valence-corrected chi connectivity index (χ4v) is 1.91. The van der Waals surface area contributed by atoms with Crippen molar-refractivity contribution in [1.82, 2.24) is 10.6 Å². The van der Waals surface area contributed by atoms with Crippen molar-refractivity contribution in [3.05, 3.63) is 29.6 Å². The third-order valence-electron chi connectivity index (χ3n) is 3.08. The molecular formula is C13H14FN3O4. The number of urea groups is 1. The van der Waals surface area contributed by atoms with E-state index in [1.54, 1.807) is 0 Å². The van der Waals surface area contributed by atoms with Gasteiger partial charge in [0.1, 0.15) is 11.9 Å². The number of benzene rings is 1. The Labute approximate surface area is 119 Å². The maximum atomic E-state index is 13.7. The molecule has 112 valence electrons. The van der Waals surface area contributed by atoms with Gasteiger partial charge in [0.2, 0.25) is 0 Å². The lowest BCUT2D eigenvalue weighted by Gasteiger charge is -2.16. The molecule has 7 nitrogen and oxygen atoms in total. The lowest BCUT2D eigenvalue weighted by Crippen LogP contribution is -2.38. The van der Waals surface area contributed by atoms with Crippen LogP contribution in [0.25, 0.3) is 0 Å². The first kappa shape index (κ1) is 14.8. The van der Waals surface area contributed by atoms with Gasteiger partial charge in [0.05, 0.1) is 5.56 Å². The summed E-state index contributed by atoms with van der Waals surface area (Å²) in [6.07, 6.45) is 0. The lowest BCUT2D eigenvalue weighted by atomic mass is 10.1. The smallest absolute Gasteiger partial charge is 0.325 e. The Kier molecular flexibility index (Phi) is 4.06. The number of halogens is 1. The van der Waals surface area contributed by atoms with E-state index in [1.165, 1.54) is 24.0 Å². The Morgan fingerprint density at radius 1 is 1.48 bits per heavy atom. The summed E-state index contributed by atoms with van der Waals surface area (Å²) in [5.41, 5.74) is 0.0693. The minimum atomic E-state index is -1.22. The van der Waals surface area contributed by atoms with E-state index in [1.807, 2.05) is 0 Å². The van der Waals surface area contributed by atoms with E-state index in [-0.39, 0.29) is 11.6 Å². The third-order valence-corrected chi connectivity index (χ3v) is 3.08. The van der Waals surface area contributed by atoms with Gasteiger partial charge < -0.3 is 15.7 Å². The Morgan fingerprint density at radius 2 is 2.19 bits per heavy atom. The maximum absolute atomic E-state index is 13.7. The van der Waals surface area contributed by atoms with Gasteiger partial charge >= 0.3 is 12.0 Å². The fraction of sp³-hybridized carbons (Fsp3) is 0.308. The molecule has 1 aliphatic heterocycles. The molecule has 0 spiro atoms. The van der Waals surface area contributed by atoms with E-state index in [0.717, 1.165) is 6.07 Å². The highest BCUT2D eigenvalue weighted by Gasteiger charge is 2.24. The molecule has 0 aliphatic carbocycles. The largest absolute Gasteiger partial charge is 0.480 e. The van der Waals surface area contributed by atoms with Gasteiger partial charge in [-0.2, -0.15) is 0 Å². The highest BCUT2D eigenvalue weighted by molar-refractivity contribution is 5.99. The average Bonchev–Trinajstić information content (AvgIpc) is 2.85. The Morgan fingerprint density at radius 3 is 2.76 bits per heavy atom. The Balaban J connectivity index is 2.25. The van der Waals surface area contributed by atoms with Gasteiger partial charge in [-0.05, 0) is 25.1 Å². The summed E-state index contributed by atoms with van der Waals surface area (Å²) in [5.74, 6) is -2.85. The monoisotopic (exact) mass is 295 g/mol. The van der Waals surface area contributed by atoms with Crippen molar-refractivity contribution in [3.8, 4) is 0 Å². The Hall–Kier alpha value is -2.64. The van der Waals surface area contributed by atoms with E-state index < -0.39 is 23.7 Å².